The van der Waals surface area contributed by atoms with Crippen molar-refractivity contribution in [2.75, 3.05) is 18.2 Å². The van der Waals surface area contributed by atoms with Crippen LogP contribution in [-0.4, -0.2) is 33.4 Å². The number of nitrogens with one attached hydrogen (secondary N) is 1. The van der Waals surface area contributed by atoms with E-state index in [9.17, 15) is 9.18 Å². The predicted octanol–water partition coefficient (Wildman–Crippen LogP) is 4.27. The van der Waals surface area contributed by atoms with Gasteiger partial charge in [-0.1, -0.05) is 17.8 Å². The number of fused-ring (bicyclic) bond motifs is 1. The quantitative estimate of drug-likeness (QED) is 0.483. The highest BCUT2D eigenvalue weighted by molar-refractivity contribution is 7.99. The number of ether oxygens (including phenoxy) is 1. The molecule has 0 saturated heterocycles. The third-order valence-electron chi connectivity index (χ3n) is 4.14. The molecule has 29 heavy (non-hydrogen) atoms. The smallest absolute Gasteiger partial charge is 0.234 e. The lowest BCUT2D eigenvalue weighted by molar-refractivity contribution is -0.113. The molecule has 1 amide bonds. The molecule has 0 spiro atoms. The minimum absolute atomic E-state index is 0.162. The highest BCUT2D eigenvalue weighted by atomic mass is 32.2. The number of aromatic nitrogens is 3. The van der Waals surface area contributed by atoms with Crippen molar-refractivity contribution in [2.45, 2.75) is 5.03 Å². The number of anilines is 1. The van der Waals surface area contributed by atoms with Crippen LogP contribution >= 0.6 is 11.8 Å². The summed E-state index contributed by atoms with van der Waals surface area (Å²) in [7, 11) is 1.63. The zero-order valence-corrected chi connectivity index (χ0v) is 16.3. The summed E-state index contributed by atoms with van der Waals surface area (Å²) in [4.78, 5) is 16.7. The highest BCUT2D eigenvalue weighted by Gasteiger charge is 2.09. The second kappa shape index (κ2) is 8.32. The summed E-state index contributed by atoms with van der Waals surface area (Å²) in [6.07, 6.45) is 1.84. The lowest BCUT2D eigenvalue weighted by atomic mass is 10.2. The minimum Gasteiger partial charge on any atom is -0.497 e. The summed E-state index contributed by atoms with van der Waals surface area (Å²) in [5.74, 6) is 0.322. The molecule has 6 nitrogen and oxygen atoms in total. The first kappa shape index (κ1) is 18.9. The molecule has 0 atom stereocenters. The van der Waals surface area contributed by atoms with E-state index >= 15 is 0 Å². The predicted molar refractivity (Wildman–Crippen MR) is 111 cm³/mol. The molecule has 2 aromatic carbocycles. The van der Waals surface area contributed by atoms with E-state index in [2.05, 4.69) is 15.4 Å². The van der Waals surface area contributed by atoms with Crippen molar-refractivity contribution < 1.29 is 13.9 Å². The molecule has 0 saturated carbocycles. The van der Waals surface area contributed by atoms with Crippen molar-refractivity contribution in [1.29, 1.82) is 0 Å². The van der Waals surface area contributed by atoms with E-state index in [0.717, 1.165) is 17.0 Å². The van der Waals surface area contributed by atoms with Gasteiger partial charge in [0, 0.05) is 11.3 Å². The number of halogens is 1. The number of amides is 1. The van der Waals surface area contributed by atoms with Crippen molar-refractivity contribution in [2.24, 2.45) is 0 Å². The van der Waals surface area contributed by atoms with Gasteiger partial charge in [-0.3, -0.25) is 4.79 Å². The Morgan fingerprint density at radius 3 is 2.76 bits per heavy atom. The van der Waals surface area contributed by atoms with Gasteiger partial charge >= 0.3 is 0 Å². The zero-order valence-electron chi connectivity index (χ0n) is 15.5. The Kier molecular flexibility index (Phi) is 5.44. The second-order valence-corrected chi connectivity index (χ2v) is 7.17. The zero-order chi connectivity index (χ0) is 20.2. The number of methoxy groups -OCH3 is 1. The summed E-state index contributed by atoms with van der Waals surface area (Å²) in [6.45, 7) is 0. The fraction of sp³-hybridized carbons (Fsp3) is 0.0952. The highest BCUT2D eigenvalue weighted by Crippen LogP contribution is 2.23. The van der Waals surface area contributed by atoms with E-state index in [1.165, 1.54) is 23.9 Å². The Morgan fingerprint density at radius 2 is 2.00 bits per heavy atom. The van der Waals surface area contributed by atoms with Crippen LogP contribution in [0, 0.1) is 5.82 Å². The summed E-state index contributed by atoms with van der Waals surface area (Å²) >= 11 is 1.29. The van der Waals surface area contributed by atoms with Crippen LogP contribution in [0.15, 0.2) is 71.9 Å². The molecule has 0 aliphatic rings. The molecule has 0 unspecified atom stereocenters. The molecule has 0 aliphatic heterocycles. The van der Waals surface area contributed by atoms with Gasteiger partial charge < -0.3 is 10.1 Å². The third kappa shape index (κ3) is 4.55. The number of imidazole rings is 1. The Morgan fingerprint density at radius 1 is 1.17 bits per heavy atom. The lowest BCUT2D eigenvalue weighted by Crippen LogP contribution is -2.14. The van der Waals surface area contributed by atoms with Gasteiger partial charge in [-0.15, -0.1) is 0 Å². The monoisotopic (exact) mass is 408 g/mol. The molecular formula is C21H17FN4O2S. The molecule has 146 valence electrons. The van der Waals surface area contributed by atoms with Gasteiger partial charge in [0.25, 0.3) is 0 Å². The van der Waals surface area contributed by atoms with Gasteiger partial charge in [-0.25, -0.2) is 13.9 Å². The number of carbonyl (C=O) groups excluding carboxylic acids is 1. The van der Waals surface area contributed by atoms with E-state index in [4.69, 9.17) is 4.74 Å². The number of carbonyl (C=O) groups is 1. The first-order valence-electron chi connectivity index (χ1n) is 8.80. The molecule has 4 rings (SSSR count). The van der Waals surface area contributed by atoms with E-state index in [0.29, 0.717) is 16.4 Å². The van der Waals surface area contributed by atoms with Crippen molar-refractivity contribution in [3.63, 3.8) is 0 Å². The molecular weight excluding hydrogens is 391 g/mol. The standard InChI is InChI=1S/C21H17FN4O2S/c1-28-17-7-5-14(6-8-17)18-12-26-19(24-18)9-10-21(25-26)29-13-20(27)23-16-4-2-3-15(22)11-16/h2-12H,13H2,1H3,(H,23,27). The normalized spacial score (nSPS) is 10.8. The van der Waals surface area contributed by atoms with Crippen LogP contribution in [0.1, 0.15) is 0 Å². The Bertz CT molecular complexity index is 1160. The number of nitrogens with zero attached hydrogens (tertiary/aromatic N) is 3. The topological polar surface area (TPSA) is 68.5 Å². The molecule has 2 aromatic heterocycles. The lowest BCUT2D eigenvalue weighted by Gasteiger charge is -2.05. The van der Waals surface area contributed by atoms with Gasteiger partial charge in [-0.2, -0.15) is 5.10 Å². The largest absolute Gasteiger partial charge is 0.497 e. The average Bonchev–Trinajstić information content (AvgIpc) is 3.16. The van der Waals surface area contributed by atoms with Crippen LogP contribution in [-0.2, 0) is 4.79 Å². The number of thioether (sulfide) groups is 1. The third-order valence-corrected chi connectivity index (χ3v) is 5.06. The van der Waals surface area contributed by atoms with Gasteiger partial charge in [0.05, 0.1) is 24.8 Å². The second-order valence-electron chi connectivity index (χ2n) is 6.18. The summed E-state index contributed by atoms with van der Waals surface area (Å²) in [5.41, 5.74) is 2.90. The minimum atomic E-state index is -0.393. The van der Waals surface area contributed by atoms with E-state index in [-0.39, 0.29) is 11.7 Å². The first-order valence-corrected chi connectivity index (χ1v) is 9.78. The van der Waals surface area contributed by atoms with Gasteiger partial charge in [0.15, 0.2) is 5.65 Å². The maximum absolute atomic E-state index is 13.2. The fourth-order valence-corrected chi connectivity index (χ4v) is 3.41. The van der Waals surface area contributed by atoms with Crippen LogP contribution in [0.3, 0.4) is 0 Å². The van der Waals surface area contributed by atoms with Gasteiger partial charge in [0.1, 0.15) is 16.6 Å². The SMILES string of the molecule is COc1ccc(-c2cn3nc(SCC(=O)Nc4cccc(F)c4)ccc3n2)cc1. The number of hydrogen-bond donors (Lipinski definition) is 1. The van der Waals surface area contributed by atoms with Crippen LogP contribution < -0.4 is 10.1 Å². The first-order chi connectivity index (χ1) is 14.1. The maximum atomic E-state index is 13.2. The Labute approximate surface area is 170 Å². The number of hydrogen-bond acceptors (Lipinski definition) is 5. The molecule has 1 N–H and O–H groups in total. The molecule has 4 aromatic rings. The number of benzene rings is 2. The maximum Gasteiger partial charge on any atom is 0.234 e. The Balaban J connectivity index is 1.43. The van der Waals surface area contributed by atoms with Crippen molar-refractivity contribution >= 4 is 29.0 Å². The molecule has 0 bridgehead atoms. The molecule has 0 aliphatic carbocycles. The van der Waals surface area contributed by atoms with Crippen molar-refractivity contribution in [1.82, 2.24) is 14.6 Å². The van der Waals surface area contributed by atoms with Crippen LogP contribution in [0.5, 0.6) is 5.75 Å². The molecule has 8 heteroatoms. The average molecular weight is 408 g/mol. The van der Waals surface area contributed by atoms with Crippen LogP contribution in [0.25, 0.3) is 16.9 Å². The van der Waals surface area contributed by atoms with E-state index in [1.54, 1.807) is 23.8 Å². The Hall–Kier alpha value is -3.39. The van der Waals surface area contributed by atoms with E-state index < -0.39 is 5.82 Å². The van der Waals surface area contributed by atoms with Gasteiger partial charge in [-0.05, 0) is 54.6 Å². The van der Waals surface area contributed by atoms with Crippen LogP contribution in [0.2, 0.25) is 0 Å². The molecule has 0 fully saturated rings. The van der Waals surface area contributed by atoms with Crippen LogP contribution in [0.4, 0.5) is 10.1 Å². The fourth-order valence-electron chi connectivity index (χ4n) is 2.75. The molecule has 0 radical (unpaired) electrons. The summed E-state index contributed by atoms with van der Waals surface area (Å²) < 4.78 is 20.1. The number of rotatable bonds is 6. The van der Waals surface area contributed by atoms with Gasteiger partial charge in [0.2, 0.25) is 5.91 Å². The van der Waals surface area contributed by atoms with E-state index in [1.807, 2.05) is 42.6 Å². The summed E-state index contributed by atoms with van der Waals surface area (Å²) in [5, 5.41) is 7.85. The van der Waals surface area contributed by atoms with Crippen molar-refractivity contribution in [3.8, 4) is 17.0 Å². The van der Waals surface area contributed by atoms with Crippen molar-refractivity contribution in [3.05, 3.63) is 72.7 Å². The summed E-state index contributed by atoms with van der Waals surface area (Å²) in [6, 6.07) is 17.1. The molecule has 2 heterocycles.